The maximum Gasteiger partial charge on any atom is 0.573 e. The van der Waals surface area contributed by atoms with Crippen LogP contribution in [0.2, 0.25) is 0 Å². The second-order valence-electron chi connectivity index (χ2n) is 7.16. The van der Waals surface area contributed by atoms with Gasteiger partial charge >= 0.3 is 12.3 Å². The number of halogens is 3. The number of esters is 1. The molecule has 0 aromatic heterocycles. The number of carbonyl (C=O) groups excluding carboxylic acids is 2. The van der Waals surface area contributed by atoms with Gasteiger partial charge in [-0.1, -0.05) is 18.2 Å². The molecule has 0 spiro atoms. The molecule has 8 nitrogen and oxygen atoms in total. The lowest BCUT2D eigenvalue weighted by atomic mass is 10.2. The summed E-state index contributed by atoms with van der Waals surface area (Å²) < 4.78 is 72.2. The summed E-state index contributed by atoms with van der Waals surface area (Å²) in [6.07, 6.45) is -6.02. The Morgan fingerprint density at radius 3 is 2.06 bits per heavy atom. The number of benzene rings is 2. The maximum atomic E-state index is 12.7. The van der Waals surface area contributed by atoms with Crippen LogP contribution < -0.4 is 4.74 Å². The van der Waals surface area contributed by atoms with Crippen LogP contribution in [-0.4, -0.2) is 68.1 Å². The standard InChI is InChI=1S/C21H21F3N2O6S/c1-15(31-20(28)16-7-9-17(10-8-16)32-21(22,23)24)19(27)25-11-13-26(14-12-25)33(29,30)18-5-3-2-4-6-18/h2-10,15H,11-14H2,1H3. The summed E-state index contributed by atoms with van der Waals surface area (Å²) in [7, 11) is -3.67. The zero-order valence-electron chi connectivity index (χ0n) is 17.5. The minimum Gasteiger partial charge on any atom is -0.449 e. The average molecular weight is 486 g/mol. The summed E-state index contributed by atoms with van der Waals surface area (Å²) in [5, 5.41) is 0. The van der Waals surface area contributed by atoms with Gasteiger partial charge < -0.3 is 14.4 Å². The highest BCUT2D eigenvalue weighted by atomic mass is 32.2. The largest absolute Gasteiger partial charge is 0.573 e. The second kappa shape index (κ2) is 9.79. The third kappa shape index (κ3) is 6.23. The normalized spacial score (nSPS) is 16.2. The fourth-order valence-corrected chi connectivity index (χ4v) is 4.66. The van der Waals surface area contributed by atoms with Crippen molar-refractivity contribution in [1.82, 2.24) is 9.21 Å². The van der Waals surface area contributed by atoms with Crippen LogP contribution >= 0.6 is 0 Å². The average Bonchev–Trinajstić information content (AvgIpc) is 2.78. The first-order chi connectivity index (χ1) is 15.5. The first kappa shape index (κ1) is 24.5. The molecule has 12 heteroatoms. The van der Waals surface area contributed by atoms with E-state index in [1.807, 2.05) is 0 Å². The Labute approximate surface area is 188 Å². The van der Waals surface area contributed by atoms with Crippen LogP contribution in [-0.2, 0) is 19.6 Å². The lowest BCUT2D eigenvalue weighted by Crippen LogP contribution is -2.52. The van der Waals surface area contributed by atoms with Crippen molar-refractivity contribution < 1.29 is 40.7 Å². The van der Waals surface area contributed by atoms with Crippen LogP contribution in [0.4, 0.5) is 13.2 Å². The van der Waals surface area contributed by atoms with Crippen molar-refractivity contribution in [2.45, 2.75) is 24.3 Å². The Kier molecular flexibility index (Phi) is 7.28. The van der Waals surface area contributed by atoms with E-state index in [0.29, 0.717) is 0 Å². The van der Waals surface area contributed by atoms with E-state index in [0.717, 1.165) is 24.3 Å². The summed E-state index contributed by atoms with van der Waals surface area (Å²) in [6.45, 7) is 1.79. The molecule has 1 saturated heterocycles. The molecule has 1 atom stereocenters. The van der Waals surface area contributed by atoms with Crippen molar-refractivity contribution in [1.29, 1.82) is 0 Å². The van der Waals surface area contributed by atoms with E-state index in [1.165, 1.54) is 28.3 Å². The van der Waals surface area contributed by atoms with Crippen LogP contribution in [0.3, 0.4) is 0 Å². The van der Waals surface area contributed by atoms with E-state index in [-0.39, 0.29) is 36.6 Å². The number of alkyl halides is 3. The Bertz CT molecular complexity index is 1080. The molecule has 3 rings (SSSR count). The summed E-state index contributed by atoms with van der Waals surface area (Å²) in [5.74, 6) is -1.89. The van der Waals surface area contributed by atoms with Crippen molar-refractivity contribution in [2.75, 3.05) is 26.2 Å². The molecule has 2 aromatic carbocycles. The Balaban J connectivity index is 1.54. The summed E-state index contributed by atoms with van der Waals surface area (Å²) in [5.41, 5.74) is -0.0528. The number of carbonyl (C=O) groups is 2. The monoisotopic (exact) mass is 486 g/mol. The topological polar surface area (TPSA) is 93.2 Å². The highest BCUT2D eigenvalue weighted by Gasteiger charge is 2.33. The summed E-state index contributed by atoms with van der Waals surface area (Å²) in [6, 6.07) is 12.1. The van der Waals surface area contributed by atoms with Gasteiger partial charge in [0, 0.05) is 26.2 Å². The van der Waals surface area contributed by atoms with Gasteiger partial charge in [-0.05, 0) is 43.3 Å². The van der Waals surface area contributed by atoms with Crippen molar-refractivity contribution in [2.24, 2.45) is 0 Å². The number of piperazine rings is 1. The van der Waals surface area contributed by atoms with Gasteiger partial charge in [0.05, 0.1) is 10.5 Å². The van der Waals surface area contributed by atoms with Gasteiger partial charge in [-0.15, -0.1) is 13.2 Å². The SMILES string of the molecule is CC(OC(=O)c1ccc(OC(F)(F)F)cc1)C(=O)N1CCN(S(=O)(=O)c2ccccc2)CC1. The van der Waals surface area contributed by atoms with Gasteiger partial charge in [0.15, 0.2) is 6.10 Å². The zero-order valence-corrected chi connectivity index (χ0v) is 18.3. The zero-order chi connectivity index (χ0) is 24.2. The van der Waals surface area contributed by atoms with Gasteiger partial charge in [-0.25, -0.2) is 13.2 Å². The highest BCUT2D eigenvalue weighted by Crippen LogP contribution is 2.23. The van der Waals surface area contributed by atoms with E-state index < -0.39 is 40.1 Å². The van der Waals surface area contributed by atoms with Crippen LogP contribution in [0.1, 0.15) is 17.3 Å². The van der Waals surface area contributed by atoms with Crippen LogP contribution in [0.15, 0.2) is 59.5 Å². The van der Waals surface area contributed by atoms with Crippen LogP contribution in [0.5, 0.6) is 5.75 Å². The van der Waals surface area contributed by atoms with E-state index in [1.54, 1.807) is 18.2 Å². The smallest absolute Gasteiger partial charge is 0.449 e. The van der Waals surface area contributed by atoms with Crippen LogP contribution in [0, 0.1) is 0 Å². The lowest BCUT2D eigenvalue weighted by Gasteiger charge is -2.35. The van der Waals surface area contributed by atoms with E-state index in [2.05, 4.69) is 4.74 Å². The molecule has 33 heavy (non-hydrogen) atoms. The van der Waals surface area contributed by atoms with Crippen molar-refractivity contribution in [3.05, 3.63) is 60.2 Å². The fraction of sp³-hybridized carbons (Fsp3) is 0.333. The maximum absolute atomic E-state index is 12.7. The molecule has 0 aliphatic carbocycles. The van der Waals surface area contributed by atoms with Gasteiger partial charge in [0.2, 0.25) is 10.0 Å². The molecular formula is C21H21F3N2O6S. The minimum atomic E-state index is -4.85. The van der Waals surface area contributed by atoms with E-state index in [4.69, 9.17) is 4.74 Å². The highest BCUT2D eigenvalue weighted by molar-refractivity contribution is 7.89. The molecule has 1 aliphatic heterocycles. The molecule has 1 heterocycles. The van der Waals surface area contributed by atoms with Gasteiger partial charge in [0.25, 0.3) is 5.91 Å². The summed E-state index contributed by atoms with van der Waals surface area (Å²) >= 11 is 0. The van der Waals surface area contributed by atoms with E-state index >= 15 is 0 Å². The number of ether oxygens (including phenoxy) is 2. The third-order valence-electron chi connectivity index (χ3n) is 4.89. The van der Waals surface area contributed by atoms with Gasteiger partial charge in [0.1, 0.15) is 5.75 Å². The van der Waals surface area contributed by atoms with E-state index in [9.17, 15) is 31.2 Å². The van der Waals surface area contributed by atoms with Crippen molar-refractivity contribution >= 4 is 21.9 Å². The lowest BCUT2D eigenvalue weighted by molar-refractivity contribution is -0.274. The Hall–Kier alpha value is -3.12. The number of sulfonamides is 1. The predicted molar refractivity (Wildman–Crippen MR) is 110 cm³/mol. The number of amides is 1. The molecular weight excluding hydrogens is 465 g/mol. The number of rotatable bonds is 6. The molecule has 178 valence electrons. The molecule has 2 aromatic rings. The molecule has 0 radical (unpaired) electrons. The molecule has 1 unspecified atom stereocenters. The first-order valence-electron chi connectivity index (χ1n) is 9.88. The van der Waals surface area contributed by atoms with Crippen molar-refractivity contribution in [3.63, 3.8) is 0 Å². The molecule has 1 amide bonds. The molecule has 1 aliphatic rings. The molecule has 1 fully saturated rings. The van der Waals surface area contributed by atoms with Crippen LogP contribution in [0.25, 0.3) is 0 Å². The molecule has 0 bridgehead atoms. The third-order valence-corrected chi connectivity index (χ3v) is 6.80. The summed E-state index contributed by atoms with van der Waals surface area (Å²) in [4.78, 5) is 26.4. The molecule has 0 saturated carbocycles. The van der Waals surface area contributed by atoms with Crippen molar-refractivity contribution in [3.8, 4) is 5.75 Å². The Morgan fingerprint density at radius 1 is 0.939 bits per heavy atom. The Morgan fingerprint density at radius 2 is 1.52 bits per heavy atom. The minimum absolute atomic E-state index is 0.0528. The van der Waals surface area contributed by atoms with Gasteiger partial charge in [-0.3, -0.25) is 4.79 Å². The fourth-order valence-electron chi connectivity index (χ4n) is 3.22. The predicted octanol–water partition coefficient (Wildman–Crippen LogP) is 2.66. The first-order valence-corrected chi connectivity index (χ1v) is 11.3. The van der Waals surface area contributed by atoms with Gasteiger partial charge in [-0.2, -0.15) is 4.31 Å². The molecule has 0 N–H and O–H groups in total. The number of hydrogen-bond donors (Lipinski definition) is 0. The number of hydrogen-bond acceptors (Lipinski definition) is 6. The quantitative estimate of drug-likeness (QED) is 0.583. The second-order valence-corrected chi connectivity index (χ2v) is 9.10. The number of nitrogens with zero attached hydrogens (tertiary/aromatic N) is 2.